The number of fused-ring (bicyclic) bond motifs is 1. The van der Waals surface area contributed by atoms with Crippen LogP contribution in [0.2, 0.25) is 0 Å². The van der Waals surface area contributed by atoms with E-state index in [9.17, 15) is 4.79 Å². The number of benzene rings is 3. The highest BCUT2D eigenvalue weighted by molar-refractivity contribution is 7.98. The molecular formula is C25H24N2O2S. The third kappa shape index (κ3) is 4.12. The van der Waals surface area contributed by atoms with E-state index in [-0.39, 0.29) is 5.56 Å². The second-order valence-corrected chi connectivity index (χ2v) is 8.28. The minimum atomic E-state index is -0.0324. The monoisotopic (exact) mass is 416 g/mol. The molecule has 0 saturated heterocycles. The van der Waals surface area contributed by atoms with E-state index < -0.39 is 0 Å². The Labute approximate surface area is 180 Å². The van der Waals surface area contributed by atoms with Gasteiger partial charge in [-0.25, -0.2) is 4.98 Å². The highest BCUT2D eigenvalue weighted by Crippen LogP contribution is 2.26. The van der Waals surface area contributed by atoms with Crippen LogP contribution in [0.5, 0.6) is 5.75 Å². The van der Waals surface area contributed by atoms with Gasteiger partial charge in [0.2, 0.25) is 0 Å². The molecule has 4 aromatic rings. The van der Waals surface area contributed by atoms with E-state index in [1.54, 1.807) is 23.4 Å². The fourth-order valence-electron chi connectivity index (χ4n) is 3.50. The van der Waals surface area contributed by atoms with Crippen molar-refractivity contribution >= 4 is 22.7 Å². The number of methoxy groups -OCH3 is 1. The first-order valence-electron chi connectivity index (χ1n) is 9.87. The van der Waals surface area contributed by atoms with Crippen LogP contribution < -0.4 is 10.3 Å². The lowest BCUT2D eigenvalue weighted by Crippen LogP contribution is -2.24. The maximum Gasteiger partial charge on any atom is 0.262 e. The van der Waals surface area contributed by atoms with Gasteiger partial charge in [-0.1, -0.05) is 65.9 Å². The maximum atomic E-state index is 13.4. The lowest BCUT2D eigenvalue weighted by molar-refractivity contribution is 0.407. The van der Waals surface area contributed by atoms with E-state index in [4.69, 9.17) is 9.72 Å². The van der Waals surface area contributed by atoms with Gasteiger partial charge in [0.15, 0.2) is 5.16 Å². The van der Waals surface area contributed by atoms with Gasteiger partial charge in [0, 0.05) is 11.3 Å². The molecule has 0 fully saturated rings. The minimum Gasteiger partial charge on any atom is -0.496 e. The summed E-state index contributed by atoms with van der Waals surface area (Å²) >= 11 is 1.60. The van der Waals surface area contributed by atoms with Crippen molar-refractivity contribution in [3.8, 4) is 5.75 Å². The van der Waals surface area contributed by atoms with Gasteiger partial charge in [0.05, 0.1) is 24.6 Å². The fraction of sp³-hybridized carbons (Fsp3) is 0.200. The number of hydrogen-bond acceptors (Lipinski definition) is 4. The van der Waals surface area contributed by atoms with Crippen molar-refractivity contribution in [3.63, 3.8) is 0 Å². The molecule has 0 saturated carbocycles. The Balaban J connectivity index is 1.78. The largest absolute Gasteiger partial charge is 0.496 e. The molecule has 0 aliphatic carbocycles. The second-order valence-electron chi connectivity index (χ2n) is 7.33. The molecule has 3 aromatic carbocycles. The predicted molar refractivity (Wildman–Crippen MR) is 124 cm³/mol. The van der Waals surface area contributed by atoms with Crippen LogP contribution in [0.25, 0.3) is 10.9 Å². The van der Waals surface area contributed by atoms with Crippen molar-refractivity contribution in [1.82, 2.24) is 9.55 Å². The normalized spacial score (nSPS) is 11.0. The molecule has 30 heavy (non-hydrogen) atoms. The quantitative estimate of drug-likeness (QED) is 0.313. The van der Waals surface area contributed by atoms with Crippen molar-refractivity contribution in [1.29, 1.82) is 0 Å². The van der Waals surface area contributed by atoms with Gasteiger partial charge in [0.25, 0.3) is 5.56 Å². The molecule has 0 bridgehead atoms. The molecule has 0 aliphatic rings. The molecule has 0 radical (unpaired) electrons. The molecule has 4 nitrogen and oxygen atoms in total. The molecular weight excluding hydrogens is 392 g/mol. The van der Waals surface area contributed by atoms with E-state index in [0.717, 1.165) is 22.6 Å². The first-order valence-corrected chi connectivity index (χ1v) is 10.9. The molecule has 152 valence electrons. The molecule has 0 unspecified atom stereocenters. The van der Waals surface area contributed by atoms with Crippen molar-refractivity contribution in [2.45, 2.75) is 31.3 Å². The maximum absolute atomic E-state index is 13.4. The van der Waals surface area contributed by atoms with Crippen LogP contribution >= 0.6 is 11.8 Å². The number of rotatable bonds is 6. The smallest absolute Gasteiger partial charge is 0.262 e. The average Bonchev–Trinajstić information content (AvgIpc) is 2.77. The summed E-state index contributed by atoms with van der Waals surface area (Å²) in [6, 6.07) is 21.8. The molecule has 0 atom stereocenters. The summed E-state index contributed by atoms with van der Waals surface area (Å²) in [4.78, 5) is 18.2. The highest BCUT2D eigenvalue weighted by Gasteiger charge is 2.14. The Morgan fingerprint density at radius 2 is 1.73 bits per heavy atom. The number of hydrogen-bond donors (Lipinski definition) is 0. The van der Waals surface area contributed by atoms with Gasteiger partial charge < -0.3 is 4.74 Å². The van der Waals surface area contributed by atoms with Crippen molar-refractivity contribution in [2.24, 2.45) is 0 Å². The van der Waals surface area contributed by atoms with Crippen LogP contribution in [-0.4, -0.2) is 16.7 Å². The molecule has 1 heterocycles. The van der Waals surface area contributed by atoms with E-state index in [1.807, 2.05) is 48.5 Å². The highest BCUT2D eigenvalue weighted by atomic mass is 32.2. The predicted octanol–water partition coefficient (Wildman–Crippen LogP) is 5.36. The fourth-order valence-corrected chi connectivity index (χ4v) is 4.56. The third-order valence-electron chi connectivity index (χ3n) is 5.21. The Hall–Kier alpha value is -3.05. The van der Waals surface area contributed by atoms with Crippen LogP contribution in [0.3, 0.4) is 0 Å². The summed E-state index contributed by atoms with van der Waals surface area (Å²) in [5, 5.41) is 1.34. The summed E-state index contributed by atoms with van der Waals surface area (Å²) in [7, 11) is 1.65. The lowest BCUT2D eigenvalue weighted by atomic mass is 10.1. The number of thioether (sulfide) groups is 1. The van der Waals surface area contributed by atoms with Gasteiger partial charge in [-0.2, -0.15) is 0 Å². The zero-order valence-corrected chi connectivity index (χ0v) is 18.2. The van der Waals surface area contributed by atoms with E-state index >= 15 is 0 Å². The van der Waals surface area contributed by atoms with Crippen molar-refractivity contribution < 1.29 is 4.74 Å². The first-order chi connectivity index (χ1) is 14.6. The van der Waals surface area contributed by atoms with Crippen LogP contribution in [0.15, 0.2) is 76.7 Å². The topological polar surface area (TPSA) is 44.1 Å². The summed E-state index contributed by atoms with van der Waals surface area (Å²) in [5.74, 6) is 1.52. The third-order valence-corrected chi connectivity index (χ3v) is 6.23. The van der Waals surface area contributed by atoms with Gasteiger partial charge >= 0.3 is 0 Å². The number of aryl methyl sites for hydroxylation is 2. The van der Waals surface area contributed by atoms with Crippen LogP contribution in [0.1, 0.15) is 22.3 Å². The number of ether oxygens (including phenoxy) is 1. The summed E-state index contributed by atoms with van der Waals surface area (Å²) in [6.45, 7) is 4.63. The van der Waals surface area contributed by atoms with Gasteiger partial charge in [-0.05, 0) is 43.2 Å². The SMILES string of the molecule is COc1ccccc1Cn1c(SCc2cc(C)ccc2C)nc2ccccc2c1=O. The number of aromatic nitrogens is 2. The van der Waals surface area contributed by atoms with Crippen molar-refractivity contribution in [3.05, 3.63) is 99.3 Å². The zero-order valence-electron chi connectivity index (χ0n) is 17.4. The standard InChI is InChI=1S/C25H24N2O2S/c1-17-12-13-18(2)20(14-17)16-30-25-26-22-10-6-5-9-21(22)24(28)27(25)15-19-8-4-7-11-23(19)29-3/h4-14H,15-16H2,1-3H3. The van der Waals surface area contributed by atoms with Gasteiger partial charge in [0.1, 0.15) is 5.75 Å². The van der Waals surface area contributed by atoms with Crippen LogP contribution in [0, 0.1) is 13.8 Å². The van der Waals surface area contributed by atoms with Crippen molar-refractivity contribution in [2.75, 3.05) is 7.11 Å². The molecule has 1 aromatic heterocycles. The van der Waals surface area contributed by atoms with Crippen LogP contribution in [0.4, 0.5) is 0 Å². The second kappa shape index (κ2) is 8.76. The molecule has 5 heteroatoms. The lowest BCUT2D eigenvalue weighted by Gasteiger charge is -2.15. The Bertz CT molecular complexity index is 1260. The Morgan fingerprint density at radius 1 is 0.967 bits per heavy atom. The van der Waals surface area contributed by atoms with E-state index in [0.29, 0.717) is 17.1 Å². The summed E-state index contributed by atoms with van der Waals surface area (Å²) in [6.07, 6.45) is 0. The molecule has 4 rings (SSSR count). The summed E-state index contributed by atoms with van der Waals surface area (Å²) in [5.41, 5.74) is 5.37. The Kier molecular flexibility index (Phi) is 5.91. The molecule has 0 spiro atoms. The molecule has 0 aliphatic heterocycles. The van der Waals surface area contributed by atoms with Crippen LogP contribution in [-0.2, 0) is 12.3 Å². The Morgan fingerprint density at radius 3 is 2.57 bits per heavy atom. The number of nitrogens with zero attached hydrogens (tertiary/aromatic N) is 2. The van der Waals surface area contributed by atoms with Gasteiger partial charge in [-0.3, -0.25) is 9.36 Å². The zero-order chi connectivity index (χ0) is 21.1. The van der Waals surface area contributed by atoms with E-state index in [2.05, 4.69) is 32.0 Å². The number of para-hydroxylation sites is 2. The minimum absolute atomic E-state index is 0.0324. The summed E-state index contributed by atoms with van der Waals surface area (Å²) < 4.78 is 7.26. The van der Waals surface area contributed by atoms with Gasteiger partial charge in [-0.15, -0.1) is 0 Å². The molecule has 0 N–H and O–H groups in total. The average molecular weight is 417 g/mol. The molecule has 0 amide bonds. The van der Waals surface area contributed by atoms with E-state index in [1.165, 1.54) is 16.7 Å². The first kappa shape index (κ1) is 20.2.